The average molecular weight is 289 g/mol. The molecule has 4 nitrogen and oxygen atoms in total. The normalized spacial score (nSPS) is 12.2. The van der Waals surface area contributed by atoms with Crippen LogP contribution in [-0.2, 0) is 0 Å². The van der Waals surface area contributed by atoms with E-state index < -0.39 is 0 Å². The minimum absolute atomic E-state index is 0.129. The van der Waals surface area contributed by atoms with Gasteiger partial charge in [0, 0.05) is 24.2 Å². The van der Waals surface area contributed by atoms with Gasteiger partial charge in [-0.15, -0.1) is 0 Å². The third-order valence-electron chi connectivity index (χ3n) is 3.00. The van der Waals surface area contributed by atoms with E-state index in [1.165, 1.54) is 0 Å². The molecule has 2 aromatic rings. The highest BCUT2D eigenvalue weighted by atomic mass is 32.2. The third kappa shape index (κ3) is 3.22. The van der Waals surface area contributed by atoms with Crippen molar-refractivity contribution in [1.82, 2.24) is 10.3 Å². The largest absolute Gasteiger partial charge is 0.373 e. The van der Waals surface area contributed by atoms with E-state index in [1.54, 1.807) is 11.8 Å². The fraction of sp³-hybridized carbons (Fsp3) is 0.333. The highest BCUT2D eigenvalue weighted by molar-refractivity contribution is 7.98. The number of amides is 1. The van der Waals surface area contributed by atoms with Gasteiger partial charge in [0.25, 0.3) is 5.91 Å². The number of aromatic nitrogens is 1. The third-order valence-corrected chi connectivity index (χ3v) is 3.84. The molecule has 1 aromatic carbocycles. The molecule has 1 aromatic heterocycles. The van der Waals surface area contributed by atoms with Crippen LogP contribution in [0, 0.1) is 0 Å². The predicted molar refractivity (Wildman–Crippen MR) is 86.6 cm³/mol. The quantitative estimate of drug-likeness (QED) is 0.888. The number of benzene rings is 1. The summed E-state index contributed by atoms with van der Waals surface area (Å²) < 4.78 is 0. The maximum atomic E-state index is 12.2. The molecule has 0 radical (unpaired) electrons. The molecule has 1 unspecified atom stereocenters. The summed E-state index contributed by atoms with van der Waals surface area (Å²) in [5.74, 6) is 1.48. The summed E-state index contributed by atoms with van der Waals surface area (Å²) in [6.45, 7) is 1.99. The molecule has 0 aliphatic rings. The predicted octanol–water partition coefficient (Wildman–Crippen LogP) is 2.76. The Morgan fingerprint density at radius 1 is 1.40 bits per heavy atom. The molecule has 2 N–H and O–H groups in total. The Kier molecular flexibility index (Phi) is 4.84. The lowest BCUT2D eigenvalue weighted by atomic mass is 10.1. The van der Waals surface area contributed by atoms with Gasteiger partial charge in [-0.2, -0.15) is 11.8 Å². The van der Waals surface area contributed by atoms with E-state index in [0.717, 1.165) is 22.3 Å². The monoisotopic (exact) mass is 289 g/mol. The van der Waals surface area contributed by atoms with Crippen LogP contribution in [0.4, 0.5) is 5.82 Å². The second-order valence-corrected chi connectivity index (χ2v) is 5.57. The summed E-state index contributed by atoms with van der Waals surface area (Å²) >= 11 is 1.71. The minimum Gasteiger partial charge on any atom is -0.373 e. The molecule has 0 fully saturated rings. The number of anilines is 1. The van der Waals surface area contributed by atoms with Gasteiger partial charge >= 0.3 is 0 Å². The fourth-order valence-electron chi connectivity index (χ4n) is 2.10. The number of carbonyl (C=O) groups excluding carboxylic acids is 1. The van der Waals surface area contributed by atoms with Crippen molar-refractivity contribution in [3.63, 3.8) is 0 Å². The maximum Gasteiger partial charge on any atom is 0.270 e. The fourth-order valence-corrected chi connectivity index (χ4v) is 2.68. The highest BCUT2D eigenvalue weighted by Crippen LogP contribution is 2.22. The number of carbonyl (C=O) groups is 1. The standard InChI is InChI=1S/C15H19N3OS/c1-10(9-20-3)17-15(19)13-8-11-6-4-5-7-12(11)14(16-2)18-13/h4-8,10H,9H2,1-3H3,(H,16,18)(H,17,19). The van der Waals surface area contributed by atoms with Gasteiger partial charge in [-0.3, -0.25) is 4.79 Å². The molecule has 106 valence electrons. The lowest BCUT2D eigenvalue weighted by Gasteiger charge is -2.13. The van der Waals surface area contributed by atoms with Crippen LogP contribution in [0.1, 0.15) is 17.4 Å². The number of nitrogens with one attached hydrogen (secondary N) is 2. The summed E-state index contributed by atoms with van der Waals surface area (Å²) in [5.41, 5.74) is 0.445. The van der Waals surface area contributed by atoms with Gasteiger partial charge < -0.3 is 10.6 Å². The van der Waals surface area contributed by atoms with E-state index in [0.29, 0.717) is 5.69 Å². The van der Waals surface area contributed by atoms with E-state index in [9.17, 15) is 4.79 Å². The smallest absolute Gasteiger partial charge is 0.270 e. The summed E-state index contributed by atoms with van der Waals surface area (Å²) in [6.07, 6.45) is 2.02. The van der Waals surface area contributed by atoms with Crippen molar-refractivity contribution in [2.24, 2.45) is 0 Å². The molecular weight excluding hydrogens is 270 g/mol. The SMILES string of the molecule is CNc1nc(C(=O)NC(C)CSC)cc2ccccc12. The van der Waals surface area contributed by atoms with Gasteiger partial charge in [-0.05, 0) is 24.6 Å². The molecule has 0 spiro atoms. The first kappa shape index (κ1) is 14.7. The van der Waals surface area contributed by atoms with Crippen molar-refractivity contribution in [1.29, 1.82) is 0 Å². The van der Waals surface area contributed by atoms with Crippen molar-refractivity contribution in [2.45, 2.75) is 13.0 Å². The van der Waals surface area contributed by atoms with Gasteiger partial charge in [0.2, 0.25) is 0 Å². The zero-order chi connectivity index (χ0) is 14.5. The van der Waals surface area contributed by atoms with Crippen molar-refractivity contribution in [3.8, 4) is 0 Å². The minimum atomic E-state index is -0.131. The summed E-state index contributed by atoms with van der Waals surface area (Å²) in [6, 6.07) is 9.86. The number of hydrogen-bond donors (Lipinski definition) is 2. The molecule has 0 saturated heterocycles. The van der Waals surface area contributed by atoms with Crippen LogP contribution >= 0.6 is 11.8 Å². The van der Waals surface area contributed by atoms with Gasteiger partial charge in [0.05, 0.1) is 0 Å². The molecule has 0 aliphatic heterocycles. The van der Waals surface area contributed by atoms with Gasteiger partial charge in [0.1, 0.15) is 11.5 Å². The number of hydrogen-bond acceptors (Lipinski definition) is 4. The van der Waals surface area contributed by atoms with E-state index >= 15 is 0 Å². The van der Waals surface area contributed by atoms with Crippen LogP contribution in [0.3, 0.4) is 0 Å². The average Bonchev–Trinajstić information content (AvgIpc) is 2.46. The molecule has 5 heteroatoms. The van der Waals surface area contributed by atoms with Crippen LogP contribution in [0.25, 0.3) is 10.8 Å². The van der Waals surface area contributed by atoms with E-state index in [2.05, 4.69) is 15.6 Å². The Morgan fingerprint density at radius 3 is 2.85 bits per heavy atom. The Balaban J connectivity index is 2.32. The highest BCUT2D eigenvalue weighted by Gasteiger charge is 2.13. The first-order chi connectivity index (χ1) is 9.65. The first-order valence-corrected chi connectivity index (χ1v) is 7.92. The zero-order valence-electron chi connectivity index (χ0n) is 11.9. The lowest BCUT2D eigenvalue weighted by molar-refractivity contribution is 0.0939. The molecule has 2 rings (SSSR count). The second-order valence-electron chi connectivity index (χ2n) is 4.66. The number of fused-ring (bicyclic) bond motifs is 1. The molecular formula is C15H19N3OS. The molecule has 1 atom stereocenters. The Hall–Kier alpha value is -1.75. The second kappa shape index (κ2) is 6.61. The zero-order valence-corrected chi connectivity index (χ0v) is 12.8. The summed E-state index contributed by atoms with van der Waals surface area (Å²) in [4.78, 5) is 16.6. The van der Waals surface area contributed by atoms with Gasteiger partial charge in [0.15, 0.2) is 0 Å². The molecule has 0 saturated carbocycles. The Labute approximate surface area is 123 Å². The van der Waals surface area contributed by atoms with E-state index in [4.69, 9.17) is 0 Å². The van der Waals surface area contributed by atoms with Crippen molar-refractivity contribution < 1.29 is 4.79 Å². The number of thioether (sulfide) groups is 1. The Morgan fingerprint density at radius 2 is 2.15 bits per heavy atom. The summed E-state index contributed by atoms with van der Waals surface area (Å²) in [5, 5.41) is 8.04. The lowest BCUT2D eigenvalue weighted by Crippen LogP contribution is -2.34. The number of nitrogens with zero attached hydrogens (tertiary/aromatic N) is 1. The maximum absolute atomic E-state index is 12.2. The summed E-state index contributed by atoms with van der Waals surface area (Å²) in [7, 11) is 1.81. The topological polar surface area (TPSA) is 54.0 Å². The van der Waals surface area contributed by atoms with Crippen molar-refractivity contribution in [3.05, 3.63) is 36.0 Å². The molecule has 0 aliphatic carbocycles. The van der Waals surface area contributed by atoms with Crippen molar-refractivity contribution >= 4 is 34.3 Å². The van der Waals surface area contributed by atoms with Crippen LogP contribution in [0.15, 0.2) is 30.3 Å². The van der Waals surface area contributed by atoms with Crippen LogP contribution < -0.4 is 10.6 Å². The van der Waals surface area contributed by atoms with Crippen LogP contribution in [-0.4, -0.2) is 36.0 Å². The molecule has 1 heterocycles. The molecule has 1 amide bonds. The van der Waals surface area contributed by atoms with Crippen molar-refractivity contribution in [2.75, 3.05) is 24.4 Å². The Bertz CT molecular complexity index is 615. The van der Waals surface area contributed by atoms with Gasteiger partial charge in [-0.1, -0.05) is 24.3 Å². The first-order valence-electron chi connectivity index (χ1n) is 6.53. The number of rotatable bonds is 5. The van der Waals surface area contributed by atoms with Crippen LogP contribution in [0.2, 0.25) is 0 Å². The number of pyridine rings is 1. The van der Waals surface area contributed by atoms with Gasteiger partial charge in [-0.25, -0.2) is 4.98 Å². The van der Waals surface area contributed by atoms with Crippen LogP contribution in [0.5, 0.6) is 0 Å². The molecule has 20 heavy (non-hydrogen) atoms. The van der Waals surface area contributed by atoms with E-state index in [-0.39, 0.29) is 11.9 Å². The van der Waals surface area contributed by atoms with E-state index in [1.807, 2.05) is 50.6 Å². The molecule has 0 bridgehead atoms.